The Kier molecular flexibility index (Phi) is 7.59. The standard InChI is InChI=1S/C10H20N2O/c1-4-6-12(7-5-2)9-10(8-11)13-3/h4-5,10H,1-2,6-9,11H2,3H3. The van der Waals surface area contributed by atoms with E-state index in [1.807, 2.05) is 12.2 Å². The highest BCUT2D eigenvalue weighted by Gasteiger charge is 2.09. The molecule has 0 aromatic heterocycles. The molecule has 0 saturated heterocycles. The number of methoxy groups -OCH3 is 1. The molecular weight excluding hydrogens is 164 g/mol. The summed E-state index contributed by atoms with van der Waals surface area (Å²) < 4.78 is 5.19. The number of rotatable bonds is 8. The molecule has 0 bridgehead atoms. The first-order valence-corrected chi connectivity index (χ1v) is 4.45. The molecular formula is C10H20N2O. The molecule has 3 nitrogen and oxygen atoms in total. The number of hydrogen-bond acceptors (Lipinski definition) is 3. The summed E-state index contributed by atoms with van der Waals surface area (Å²) in [6.07, 6.45) is 3.83. The Bertz CT molecular complexity index is 134. The molecule has 0 aliphatic heterocycles. The van der Waals surface area contributed by atoms with Crippen molar-refractivity contribution in [1.29, 1.82) is 0 Å². The van der Waals surface area contributed by atoms with Crippen molar-refractivity contribution >= 4 is 0 Å². The Balaban J connectivity index is 3.89. The fourth-order valence-electron chi connectivity index (χ4n) is 1.12. The average molecular weight is 184 g/mol. The van der Waals surface area contributed by atoms with Crippen molar-refractivity contribution in [1.82, 2.24) is 4.90 Å². The van der Waals surface area contributed by atoms with Crippen LogP contribution in [0.2, 0.25) is 0 Å². The van der Waals surface area contributed by atoms with Gasteiger partial charge in [-0.2, -0.15) is 0 Å². The quantitative estimate of drug-likeness (QED) is 0.562. The Hall–Kier alpha value is -0.640. The molecule has 0 aromatic rings. The van der Waals surface area contributed by atoms with Crippen LogP contribution in [0.5, 0.6) is 0 Å². The molecule has 3 heteroatoms. The van der Waals surface area contributed by atoms with E-state index in [1.165, 1.54) is 0 Å². The molecule has 0 heterocycles. The minimum atomic E-state index is 0.0971. The minimum absolute atomic E-state index is 0.0971. The topological polar surface area (TPSA) is 38.5 Å². The van der Waals surface area contributed by atoms with E-state index in [4.69, 9.17) is 10.5 Å². The van der Waals surface area contributed by atoms with Gasteiger partial charge in [0.1, 0.15) is 0 Å². The zero-order valence-corrected chi connectivity index (χ0v) is 8.41. The molecule has 0 aliphatic rings. The maximum Gasteiger partial charge on any atom is 0.0820 e. The summed E-state index contributed by atoms with van der Waals surface area (Å²) in [6, 6.07) is 0. The first-order chi connectivity index (χ1) is 6.28. The van der Waals surface area contributed by atoms with Crippen molar-refractivity contribution in [3.63, 3.8) is 0 Å². The van der Waals surface area contributed by atoms with Crippen LogP contribution >= 0.6 is 0 Å². The van der Waals surface area contributed by atoms with E-state index in [2.05, 4.69) is 18.1 Å². The minimum Gasteiger partial charge on any atom is -0.379 e. The van der Waals surface area contributed by atoms with Crippen LogP contribution in [0.15, 0.2) is 25.3 Å². The lowest BCUT2D eigenvalue weighted by Crippen LogP contribution is -2.37. The SMILES string of the molecule is C=CCN(CC=C)CC(CN)OC. The van der Waals surface area contributed by atoms with Gasteiger partial charge in [-0.25, -0.2) is 0 Å². The molecule has 1 atom stereocenters. The molecule has 1 unspecified atom stereocenters. The van der Waals surface area contributed by atoms with Crippen LogP contribution in [0.1, 0.15) is 0 Å². The molecule has 0 saturated carbocycles. The molecule has 0 radical (unpaired) electrons. The van der Waals surface area contributed by atoms with Gasteiger partial charge in [0.25, 0.3) is 0 Å². The van der Waals surface area contributed by atoms with Gasteiger partial charge in [-0.3, -0.25) is 4.90 Å². The monoisotopic (exact) mass is 184 g/mol. The molecule has 0 aliphatic carbocycles. The lowest BCUT2D eigenvalue weighted by molar-refractivity contribution is 0.0772. The normalized spacial score (nSPS) is 12.8. The summed E-state index contributed by atoms with van der Waals surface area (Å²) >= 11 is 0. The van der Waals surface area contributed by atoms with Gasteiger partial charge in [0.15, 0.2) is 0 Å². The van der Waals surface area contributed by atoms with Gasteiger partial charge in [-0.05, 0) is 0 Å². The summed E-state index contributed by atoms with van der Waals surface area (Å²) in [5.74, 6) is 0. The van der Waals surface area contributed by atoms with E-state index in [0.29, 0.717) is 6.54 Å². The van der Waals surface area contributed by atoms with Gasteiger partial charge < -0.3 is 10.5 Å². The molecule has 13 heavy (non-hydrogen) atoms. The summed E-state index contributed by atoms with van der Waals surface area (Å²) in [4.78, 5) is 2.18. The fourth-order valence-corrected chi connectivity index (χ4v) is 1.12. The Morgan fingerprint density at radius 1 is 1.38 bits per heavy atom. The van der Waals surface area contributed by atoms with E-state index in [-0.39, 0.29) is 6.10 Å². The summed E-state index contributed by atoms with van der Waals surface area (Å²) in [7, 11) is 1.68. The second-order valence-electron chi connectivity index (χ2n) is 2.89. The van der Waals surface area contributed by atoms with Crippen LogP contribution in [-0.2, 0) is 4.74 Å². The zero-order chi connectivity index (χ0) is 10.1. The van der Waals surface area contributed by atoms with Crippen molar-refractivity contribution in [3.05, 3.63) is 25.3 Å². The second kappa shape index (κ2) is 7.98. The molecule has 0 rings (SSSR count). The third-order valence-electron chi connectivity index (χ3n) is 1.83. The molecule has 76 valence electrons. The van der Waals surface area contributed by atoms with Crippen molar-refractivity contribution in [2.75, 3.05) is 33.3 Å². The van der Waals surface area contributed by atoms with Gasteiger partial charge in [0.2, 0.25) is 0 Å². The number of nitrogens with two attached hydrogens (primary N) is 1. The number of nitrogens with zero attached hydrogens (tertiary/aromatic N) is 1. The predicted molar refractivity (Wildman–Crippen MR) is 56.7 cm³/mol. The maximum atomic E-state index is 5.52. The van der Waals surface area contributed by atoms with E-state index in [1.54, 1.807) is 7.11 Å². The van der Waals surface area contributed by atoms with E-state index in [9.17, 15) is 0 Å². The molecule has 0 amide bonds. The number of hydrogen-bond donors (Lipinski definition) is 1. The smallest absolute Gasteiger partial charge is 0.0820 e. The highest BCUT2D eigenvalue weighted by Crippen LogP contribution is 1.95. The van der Waals surface area contributed by atoms with E-state index in [0.717, 1.165) is 19.6 Å². The van der Waals surface area contributed by atoms with Crippen LogP contribution < -0.4 is 5.73 Å². The first kappa shape index (κ1) is 12.4. The van der Waals surface area contributed by atoms with Gasteiger partial charge in [0.05, 0.1) is 6.10 Å². The second-order valence-corrected chi connectivity index (χ2v) is 2.89. The highest BCUT2D eigenvalue weighted by molar-refractivity contribution is 4.81. The van der Waals surface area contributed by atoms with Crippen molar-refractivity contribution in [2.24, 2.45) is 5.73 Å². The van der Waals surface area contributed by atoms with Crippen molar-refractivity contribution < 1.29 is 4.74 Å². The summed E-state index contributed by atoms with van der Waals surface area (Å²) in [5, 5.41) is 0. The van der Waals surface area contributed by atoms with Crippen LogP contribution in [0, 0.1) is 0 Å². The summed E-state index contributed by atoms with van der Waals surface area (Å²) in [5.41, 5.74) is 5.52. The third kappa shape index (κ3) is 5.58. The highest BCUT2D eigenvalue weighted by atomic mass is 16.5. The van der Waals surface area contributed by atoms with E-state index >= 15 is 0 Å². The van der Waals surface area contributed by atoms with E-state index < -0.39 is 0 Å². The Morgan fingerprint density at radius 3 is 2.23 bits per heavy atom. The van der Waals surface area contributed by atoms with Crippen molar-refractivity contribution in [3.8, 4) is 0 Å². The van der Waals surface area contributed by atoms with Gasteiger partial charge in [-0.1, -0.05) is 12.2 Å². The Labute approximate surface area is 80.9 Å². The fraction of sp³-hybridized carbons (Fsp3) is 0.600. The lowest BCUT2D eigenvalue weighted by atomic mass is 10.3. The lowest BCUT2D eigenvalue weighted by Gasteiger charge is -2.23. The van der Waals surface area contributed by atoms with Crippen LogP contribution in [0.25, 0.3) is 0 Å². The Morgan fingerprint density at radius 2 is 1.92 bits per heavy atom. The van der Waals surface area contributed by atoms with Crippen LogP contribution in [0.4, 0.5) is 0 Å². The van der Waals surface area contributed by atoms with Crippen LogP contribution in [-0.4, -0.2) is 44.3 Å². The average Bonchev–Trinajstić information content (AvgIpc) is 2.14. The largest absolute Gasteiger partial charge is 0.379 e. The van der Waals surface area contributed by atoms with Crippen LogP contribution in [0.3, 0.4) is 0 Å². The zero-order valence-electron chi connectivity index (χ0n) is 8.41. The van der Waals surface area contributed by atoms with Gasteiger partial charge in [-0.15, -0.1) is 13.2 Å². The molecule has 0 aromatic carbocycles. The van der Waals surface area contributed by atoms with Crippen molar-refractivity contribution in [2.45, 2.75) is 6.10 Å². The molecule has 0 spiro atoms. The maximum absolute atomic E-state index is 5.52. The molecule has 2 N–H and O–H groups in total. The predicted octanol–water partition coefficient (Wildman–Crippen LogP) is 0.634. The summed E-state index contributed by atoms with van der Waals surface area (Å²) in [6.45, 7) is 10.4. The number of ether oxygens (including phenoxy) is 1. The van der Waals surface area contributed by atoms with Gasteiger partial charge >= 0.3 is 0 Å². The molecule has 0 fully saturated rings. The third-order valence-corrected chi connectivity index (χ3v) is 1.83. The van der Waals surface area contributed by atoms with Gasteiger partial charge in [0, 0.05) is 33.3 Å². The first-order valence-electron chi connectivity index (χ1n) is 4.45.